The van der Waals surface area contributed by atoms with E-state index in [1.54, 1.807) is 0 Å². The van der Waals surface area contributed by atoms with Crippen molar-refractivity contribution in [3.05, 3.63) is 24.0 Å². The van der Waals surface area contributed by atoms with Crippen LogP contribution in [0.1, 0.15) is 65.7 Å². The Kier molecular flexibility index (Phi) is 11.3. The first-order valence-electron chi connectivity index (χ1n) is 7.72. The van der Waals surface area contributed by atoms with Crippen LogP contribution < -0.4 is 0 Å². The second kappa shape index (κ2) is 12.2. The van der Waals surface area contributed by atoms with E-state index in [9.17, 15) is 9.59 Å². The summed E-state index contributed by atoms with van der Waals surface area (Å²) in [6, 6.07) is 0. The average molecular weight is 296 g/mol. The van der Waals surface area contributed by atoms with Gasteiger partial charge in [0.05, 0.1) is 12.9 Å². The molecule has 0 radical (unpaired) electrons. The van der Waals surface area contributed by atoms with Crippen molar-refractivity contribution in [1.29, 1.82) is 0 Å². The van der Waals surface area contributed by atoms with E-state index in [-0.39, 0.29) is 11.9 Å². The Balaban J connectivity index is 0.000000567. The number of allylic oxidation sites excluding steroid dienone is 1. The highest BCUT2D eigenvalue weighted by atomic mass is 16.5. The van der Waals surface area contributed by atoms with Gasteiger partial charge in [0, 0.05) is 12.5 Å². The Bertz CT molecular complexity index is 363. The molecular weight excluding hydrogens is 268 g/mol. The molecule has 0 amide bonds. The maximum atomic E-state index is 11.6. The number of rotatable bonds is 8. The normalized spacial score (nSPS) is 11.9. The Labute approximate surface area is 128 Å². The lowest BCUT2D eigenvalue weighted by atomic mass is 10.2. The number of hydrogen-bond donors (Lipinski definition) is 0. The molecule has 0 saturated heterocycles. The molecule has 4 heteroatoms. The lowest BCUT2D eigenvalue weighted by Gasteiger charge is -2.06. The molecule has 0 spiro atoms. The largest absolute Gasteiger partial charge is 0.462 e. The van der Waals surface area contributed by atoms with E-state index >= 15 is 0 Å². The molecule has 0 atom stereocenters. The van der Waals surface area contributed by atoms with Crippen LogP contribution in [0.4, 0.5) is 0 Å². The molecule has 120 valence electrons. The molecule has 0 N–H and O–H groups in total. The van der Waals surface area contributed by atoms with Gasteiger partial charge < -0.3 is 9.47 Å². The minimum absolute atomic E-state index is 0.0681. The van der Waals surface area contributed by atoms with Crippen LogP contribution in [-0.2, 0) is 19.1 Å². The van der Waals surface area contributed by atoms with E-state index < -0.39 is 0 Å². The zero-order chi connectivity index (χ0) is 16.1. The Hall–Kier alpha value is -1.58. The van der Waals surface area contributed by atoms with Crippen molar-refractivity contribution in [2.24, 2.45) is 0 Å². The van der Waals surface area contributed by atoms with E-state index in [1.807, 2.05) is 6.92 Å². The molecule has 1 fully saturated rings. The van der Waals surface area contributed by atoms with Gasteiger partial charge in [0.1, 0.15) is 0 Å². The van der Waals surface area contributed by atoms with Gasteiger partial charge in [-0.2, -0.15) is 0 Å². The zero-order valence-corrected chi connectivity index (χ0v) is 13.6. The fraction of sp³-hybridized carbons (Fsp3) is 0.647. The molecule has 4 nitrogen and oxygen atoms in total. The first-order chi connectivity index (χ1) is 10.1. The van der Waals surface area contributed by atoms with E-state index in [0.29, 0.717) is 6.61 Å². The molecule has 0 aromatic heterocycles. The second-order valence-corrected chi connectivity index (χ2v) is 4.91. The number of carbonyl (C=O) groups is 2. The maximum absolute atomic E-state index is 11.6. The van der Waals surface area contributed by atoms with Gasteiger partial charge >= 0.3 is 11.9 Å². The molecule has 1 saturated carbocycles. The van der Waals surface area contributed by atoms with E-state index in [1.165, 1.54) is 31.8 Å². The van der Waals surface area contributed by atoms with Crippen LogP contribution in [0.3, 0.4) is 0 Å². The van der Waals surface area contributed by atoms with Gasteiger partial charge in [0.25, 0.3) is 0 Å². The monoisotopic (exact) mass is 296 g/mol. The minimum Gasteiger partial charge on any atom is -0.462 e. The summed E-state index contributed by atoms with van der Waals surface area (Å²) in [7, 11) is 0. The van der Waals surface area contributed by atoms with Crippen molar-refractivity contribution in [2.75, 3.05) is 6.61 Å². The van der Waals surface area contributed by atoms with Crippen LogP contribution in [0.2, 0.25) is 0 Å². The molecular formula is C17H28O4. The molecule has 0 aromatic rings. The summed E-state index contributed by atoms with van der Waals surface area (Å²) in [6.45, 7) is 9.28. The van der Waals surface area contributed by atoms with Gasteiger partial charge in [0.2, 0.25) is 0 Å². The summed E-state index contributed by atoms with van der Waals surface area (Å²) >= 11 is 0. The van der Waals surface area contributed by atoms with Crippen molar-refractivity contribution >= 4 is 11.9 Å². The van der Waals surface area contributed by atoms with Gasteiger partial charge in [0.15, 0.2) is 0 Å². The Morgan fingerprint density at radius 1 is 1.19 bits per heavy atom. The smallest absolute Gasteiger partial charge is 0.333 e. The molecule has 0 heterocycles. The molecule has 1 aliphatic rings. The number of unbranched alkanes of at least 4 members (excludes halogenated alkanes) is 3. The third kappa shape index (κ3) is 10.8. The summed E-state index contributed by atoms with van der Waals surface area (Å²) in [5, 5.41) is 0. The summed E-state index contributed by atoms with van der Waals surface area (Å²) in [5.74, 6) is -0.397. The van der Waals surface area contributed by atoms with Gasteiger partial charge in [-0.25, -0.2) is 4.79 Å². The quantitative estimate of drug-likeness (QED) is 0.290. The highest BCUT2D eigenvalue weighted by Gasteiger charge is 2.22. The summed E-state index contributed by atoms with van der Waals surface area (Å²) < 4.78 is 9.41. The number of esters is 2. The van der Waals surface area contributed by atoms with Crippen LogP contribution in [-0.4, -0.2) is 18.5 Å². The topological polar surface area (TPSA) is 52.6 Å². The Morgan fingerprint density at radius 2 is 1.86 bits per heavy atom. The third-order valence-electron chi connectivity index (χ3n) is 3.01. The lowest BCUT2D eigenvalue weighted by molar-refractivity contribution is -0.139. The fourth-order valence-corrected chi connectivity index (χ4v) is 1.80. The molecule has 1 aliphatic carbocycles. The summed E-state index contributed by atoms with van der Waals surface area (Å²) in [5.41, 5.74) is 2.25. The predicted octanol–water partition coefficient (Wildman–Crippen LogP) is 4.30. The van der Waals surface area contributed by atoms with Crippen LogP contribution in [0.25, 0.3) is 0 Å². The highest BCUT2D eigenvalue weighted by Crippen LogP contribution is 2.33. The van der Waals surface area contributed by atoms with Gasteiger partial charge in [-0.15, -0.1) is 0 Å². The molecule has 1 rings (SSSR count). The average Bonchev–Trinajstić information content (AvgIpc) is 3.24. The van der Waals surface area contributed by atoms with E-state index in [4.69, 9.17) is 4.74 Å². The molecule has 0 aromatic carbocycles. The SMILES string of the molecule is C=COC(C)=O.CCCCCCOC(=O)C(CC)=C1CC1. The van der Waals surface area contributed by atoms with Crippen LogP contribution in [0, 0.1) is 0 Å². The maximum Gasteiger partial charge on any atom is 0.333 e. The number of carbonyl (C=O) groups excluding carboxylic acids is 2. The second-order valence-electron chi connectivity index (χ2n) is 4.91. The van der Waals surface area contributed by atoms with Crippen LogP contribution >= 0.6 is 0 Å². The molecule has 0 unspecified atom stereocenters. The first kappa shape index (κ1) is 19.4. The third-order valence-corrected chi connectivity index (χ3v) is 3.01. The van der Waals surface area contributed by atoms with E-state index in [2.05, 4.69) is 18.2 Å². The van der Waals surface area contributed by atoms with Crippen molar-refractivity contribution in [3.8, 4) is 0 Å². The number of ether oxygens (including phenoxy) is 2. The Morgan fingerprint density at radius 3 is 2.24 bits per heavy atom. The highest BCUT2D eigenvalue weighted by molar-refractivity contribution is 5.90. The van der Waals surface area contributed by atoms with Gasteiger partial charge in [-0.05, 0) is 25.7 Å². The molecule has 0 aliphatic heterocycles. The van der Waals surface area contributed by atoms with Crippen molar-refractivity contribution in [1.82, 2.24) is 0 Å². The van der Waals surface area contributed by atoms with Crippen molar-refractivity contribution in [3.63, 3.8) is 0 Å². The molecule has 0 bridgehead atoms. The predicted molar refractivity (Wildman–Crippen MR) is 83.6 cm³/mol. The van der Waals surface area contributed by atoms with Gasteiger partial charge in [-0.1, -0.05) is 45.3 Å². The number of hydrogen-bond acceptors (Lipinski definition) is 4. The van der Waals surface area contributed by atoms with Gasteiger partial charge in [-0.3, -0.25) is 4.79 Å². The first-order valence-corrected chi connectivity index (χ1v) is 7.72. The van der Waals surface area contributed by atoms with Crippen molar-refractivity contribution in [2.45, 2.75) is 65.7 Å². The zero-order valence-electron chi connectivity index (χ0n) is 13.6. The minimum atomic E-state index is -0.329. The molecule has 21 heavy (non-hydrogen) atoms. The fourth-order valence-electron chi connectivity index (χ4n) is 1.80. The summed E-state index contributed by atoms with van der Waals surface area (Å²) in [6.07, 6.45) is 8.76. The van der Waals surface area contributed by atoms with Crippen LogP contribution in [0.5, 0.6) is 0 Å². The van der Waals surface area contributed by atoms with Crippen LogP contribution in [0.15, 0.2) is 24.0 Å². The standard InChI is InChI=1S/C13H22O2.C4H6O2/c1-3-5-6-7-10-15-13(14)12(4-2)11-8-9-11;1-3-6-4(2)5/h3-10H2,1-2H3;3H,1H2,2H3. The summed E-state index contributed by atoms with van der Waals surface area (Å²) in [4.78, 5) is 21.4. The lowest BCUT2D eigenvalue weighted by Crippen LogP contribution is -2.08. The van der Waals surface area contributed by atoms with E-state index in [0.717, 1.165) is 37.5 Å². The van der Waals surface area contributed by atoms with Crippen molar-refractivity contribution < 1.29 is 19.1 Å².